The first-order chi connectivity index (χ1) is 7.63. The summed E-state index contributed by atoms with van der Waals surface area (Å²) in [5, 5.41) is 2.87. The summed E-state index contributed by atoms with van der Waals surface area (Å²) >= 11 is 3.31. The Morgan fingerprint density at radius 3 is 2.75 bits per heavy atom. The van der Waals surface area contributed by atoms with Crippen LogP contribution in [-0.4, -0.2) is 12.5 Å². The number of nitrogens with two attached hydrogens (primary N) is 1. The molecule has 0 radical (unpaired) electrons. The molecule has 1 aromatic rings. The van der Waals surface area contributed by atoms with E-state index in [1.807, 2.05) is 0 Å². The standard InChI is InChI=1S/C12H17BrN2O/c1-2-3-4-5-15-12(16)9-6-10(13)8-11(14)7-9/h6-8H,2-5,14H2,1H3,(H,15,16). The van der Waals surface area contributed by atoms with E-state index in [9.17, 15) is 4.79 Å². The fourth-order valence-electron chi connectivity index (χ4n) is 1.42. The van der Waals surface area contributed by atoms with Gasteiger partial charge >= 0.3 is 0 Å². The van der Waals surface area contributed by atoms with Crippen molar-refractivity contribution >= 4 is 27.5 Å². The molecule has 1 aromatic carbocycles. The molecule has 88 valence electrons. The van der Waals surface area contributed by atoms with Gasteiger partial charge in [-0.15, -0.1) is 0 Å². The van der Waals surface area contributed by atoms with Crippen LogP contribution in [0.5, 0.6) is 0 Å². The maximum absolute atomic E-state index is 11.7. The van der Waals surface area contributed by atoms with Gasteiger partial charge in [0.25, 0.3) is 5.91 Å². The van der Waals surface area contributed by atoms with E-state index in [0.717, 1.165) is 30.3 Å². The van der Waals surface area contributed by atoms with Crippen molar-refractivity contribution in [3.05, 3.63) is 28.2 Å². The van der Waals surface area contributed by atoms with Crippen molar-refractivity contribution in [2.75, 3.05) is 12.3 Å². The summed E-state index contributed by atoms with van der Waals surface area (Å²) in [5.41, 5.74) is 6.85. The van der Waals surface area contributed by atoms with Gasteiger partial charge in [0.1, 0.15) is 0 Å². The highest BCUT2D eigenvalue weighted by molar-refractivity contribution is 9.10. The minimum absolute atomic E-state index is 0.0656. The highest BCUT2D eigenvalue weighted by atomic mass is 79.9. The van der Waals surface area contributed by atoms with Gasteiger partial charge in [0.2, 0.25) is 0 Å². The Bertz CT molecular complexity index is 346. The van der Waals surface area contributed by atoms with E-state index in [4.69, 9.17) is 5.73 Å². The fraction of sp³-hybridized carbons (Fsp3) is 0.417. The third-order valence-corrected chi connectivity index (χ3v) is 2.71. The maximum atomic E-state index is 11.7. The Morgan fingerprint density at radius 1 is 1.38 bits per heavy atom. The van der Waals surface area contributed by atoms with Crippen LogP contribution in [0.1, 0.15) is 36.5 Å². The first kappa shape index (κ1) is 13.0. The Labute approximate surface area is 105 Å². The Balaban J connectivity index is 2.52. The zero-order chi connectivity index (χ0) is 12.0. The quantitative estimate of drug-likeness (QED) is 0.645. The molecule has 1 rings (SSSR count). The maximum Gasteiger partial charge on any atom is 0.251 e. The van der Waals surface area contributed by atoms with E-state index in [2.05, 4.69) is 28.2 Å². The van der Waals surface area contributed by atoms with E-state index in [-0.39, 0.29) is 5.91 Å². The summed E-state index contributed by atoms with van der Waals surface area (Å²) in [5.74, 6) is -0.0656. The van der Waals surface area contributed by atoms with Crippen LogP contribution in [0, 0.1) is 0 Å². The van der Waals surface area contributed by atoms with Crippen LogP contribution in [0.2, 0.25) is 0 Å². The molecule has 0 aliphatic rings. The van der Waals surface area contributed by atoms with Gasteiger partial charge in [0.15, 0.2) is 0 Å². The molecule has 0 saturated carbocycles. The molecule has 0 unspecified atom stereocenters. The van der Waals surface area contributed by atoms with Crippen LogP contribution in [-0.2, 0) is 0 Å². The molecule has 4 heteroatoms. The number of nitrogens with one attached hydrogen (secondary N) is 1. The van der Waals surface area contributed by atoms with Crippen LogP contribution < -0.4 is 11.1 Å². The molecule has 3 nitrogen and oxygen atoms in total. The monoisotopic (exact) mass is 284 g/mol. The molecule has 0 atom stereocenters. The number of carbonyl (C=O) groups is 1. The van der Waals surface area contributed by atoms with Gasteiger partial charge in [-0.3, -0.25) is 4.79 Å². The highest BCUT2D eigenvalue weighted by Crippen LogP contribution is 2.17. The molecule has 0 spiro atoms. The fourth-order valence-corrected chi connectivity index (χ4v) is 1.93. The van der Waals surface area contributed by atoms with E-state index < -0.39 is 0 Å². The summed E-state index contributed by atoms with van der Waals surface area (Å²) in [6.45, 7) is 2.86. The number of hydrogen-bond acceptors (Lipinski definition) is 2. The number of hydrogen-bond donors (Lipinski definition) is 2. The highest BCUT2D eigenvalue weighted by Gasteiger charge is 2.06. The van der Waals surface area contributed by atoms with E-state index >= 15 is 0 Å². The first-order valence-corrected chi connectivity index (χ1v) is 6.27. The van der Waals surface area contributed by atoms with Crippen molar-refractivity contribution < 1.29 is 4.79 Å². The lowest BCUT2D eigenvalue weighted by atomic mass is 10.2. The van der Waals surface area contributed by atoms with Crippen LogP contribution in [0.15, 0.2) is 22.7 Å². The van der Waals surface area contributed by atoms with Crippen LogP contribution >= 0.6 is 15.9 Å². The molecule has 0 bridgehead atoms. The van der Waals surface area contributed by atoms with Crippen molar-refractivity contribution in [3.8, 4) is 0 Å². The topological polar surface area (TPSA) is 55.1 Å². The molecule has 0 fully saturated rings. The van der Waals surface area contributed by atoms with E-state index in [1.54, 1.807) is 18.2 Å². The molecule has 0 aliphatic carbocycles. The number of nitrogen functional groups attached to an aromatic ring is 1. The molecular formula is C12H17BrN2O. The minimum Gasteiger partial charge on any atom is -0.399 e. The second-order valence-electron chi connectivity index (χ2n) is 3.74. The Hall–Kier alpha value is -1.03. The molecule has 3 N–H and O–H groups in total. The predicted octanol–water partition coefficient (Wildman–Crippen LogP) is 2.95. The number of benzene rings is 1. The van der Waals surface area contributed by atoms with Crippen LogP contribution in [0.4, 0.5) is 5.69 Å². The number of rotatable bonds is 5. The van der Waals surface area contributed by atoms with E-state index in [0.29, 0.717) is 11.3 Å². The molecule has 1 amide bonds. The normalized spacial score (nSPS) is 10.1. The number of carbonyl (C=O) groups excluding carboxylic acids is 1. The number of anilines is 1. The lowest BCUT2D eigenvalue weighted by Gasteiger charge is -2.06. The molecular weight excluding hydrogens is 268 g/mol. The summed E-state index contributed by atoms with van der Waals surface area (Å²) in [7, 11) is 0. The second-order valence-corrected chi connectivity index (χ2v) is 4.65. The Morgan fingerprint density at radius 2 is 2.12 bits per heavy atom. The van der Waals surface area contributed by atoms with Gasteiger partial charge in [-0.1, -0.05) is 35.7 Å². The number of unbranched alkanes of at least 4 members (excludes halogenated alkanes) is 2. The lowest BCUT2D eigenvalue weighted by Crippen LogP contribution is -2.24. The van der Waals surface area contributed by atoms with Gasteiger partial charge in [-0.05, 0) is 24.6 Å². The van der Waals surface area contributed by atoms with Gasteiger partial charge in [0, 0.05) is 22.3 Å². The summed E-state index contributed by atoms with van der Waals surface area (Å²) in [4.78, 5) is 11.7. The third-order valence-electron chi connectivity index (χ3n) is 2.25. The zero-order valence-corrected chi connectivity index (χ0v) is 11.0. The molecule has 16 heavy (non-hydrogen) atoms. The third kappa shape index (κ3) is 4.23. The van der Waals surface area contributed by atoms with Crippen molar-refractivity contribution in [2.45, 2.75) is 26.2 Å². The van der Waals surface area contributed by atoms with Gasteiger partial charge < -0.3 is 11.1 Å². The molecule has 0 aromatic heterocycles. The molecule has 0 saturated heterocycles. The summed E-state index contributed by atoms with van der Waals surface area (Å²) in [6, 6.07) is 5.22. The van der Waals surface area contributed by atoms with Crippen molar-refractivity contribution in [1.29, 1.82) is 0 Å². The zero-order valence-electron chi connectivity index (χ0n) is 9.42. The van der Waals surface area contributed by atoms with Gasteiger partial charge in [0.05, 0.1) is 0 Å². The van der Waals surface area contributed by atoms with Crippen molar-refractivity contribution in [1.82, 2.24) is 5.32 Å². The smallest absolute Gasteiger partial charge is 0.251 e. The Kier molecular flexibility index (Phi) is 5.32. The van der Waals surface area contributed by atoms with Crippen LogP contribution in [0.3, 0.4) is 0 Å². The van der Waals surface area contributed by atoms with Crippen molar-refractivity contribution in [2.24, 2.45) is 0 Å². The van der Waals surface area contributed by atoms with E-state index in [1.165, 1.54) is 0 Å². The van der Waals surface area contributed by atoms with Gasteiger partial charge in [-0.25, -0.2) is 0 Å². The largest absolute Gasteiger partial charge is 0.399 e. The van der Waals surface area contributed by atoms with Crippen LogP contribution in [0.25, 0.3) is 0 Å². The average molecular weight is 285 g/mol. The average Bonchev–Trinajstić information content (AvgIpc) is 2.22. The molecule has 0 heterocycles. The summed E-state index contributed by atoms with van der Waals surface area (Å²) < 4.78 is 0.825. The number of halogens is 1. The van der Waals surface area contributed by atoms with Gasteiger partial charge in [-0.2, -0.15) is 0 Å². The first-order valence-electron chi connectivity index (χ1n) is 5.47. The number of amides is 1. The second kappa shape index (κ2) is 6.53. The summed E-state index contributed by atoms with van der Waals surface area (Å²) in [6.07, 6.45) is 3.31. The lowest BCUT2D eigenvalue weighted by molar-refractivity contribution is 0.0953. The van der Waals surface area contributed by atoms with Crippen molar-refractivity contribution in [3.63, 3.8) is 0 Å². The SMILES string of the molecule is CCCCCNC(=O)c1cc(N)cc(Br)c1. The minimum atomic E-state index is -0.0656. The predicted molar refractivity (Wildman–Crippen MR) is 70.4 cm³/mol. The molecule has 0 aliphatic heterocycles.